The van der Waals surface area contributed by atoms with Crippen molar-refractivity contribution < 1.29 is 22.8 Å². The molecule has 20 heavy (non-hydrogen) atoms. The average molecular weight is 282 g/mol. The van der Waals surface area contributed by atoms with Crippen LogP contribution in [0.25, 0.3) is 0 Å². The molecule has 0 aliphatic heterocycles. The Bertz CT molecular complexity index is 641. The van der Waals surface area contributed by atoms with Gasteiger partial charge in [0, 0.05) is 6.07 Å². The summed E-state index contributed by atoms with van der Waals surface area (Å²) in [6.07, 6.45) is 0. The van der Waals surface area contributed by atoms with Crippen molar-refractivity contribution in [3.8, 4) is 0 Å². The number of hydrogen-bond acceptors (Lipinski definition) is 5. The molecular weight excluding hydrogens is 270 g/mol. The largest absolute Gasteiger partial charge is 0.465 e. The smallest absolute Gasteiger partial charge is 0.340 e. The van der Waals surface area contributed by atoms with Gasteiger partial charge in [0.2, 0.25) is 0 Å². The van der Waals surface area contributed by atoms with Gasteiger partial charge in [-0.25, -0.2) is 13.6 Å². The van der Waals surface area contributed by atoms with E-state index in [1.165, 1.54) is 6.07 Å². The number of carbonyl (C=O) groups excluding carboxylic acids is 1. The van der Waals surface area contributed by atoms with E-state index in [1.54, 1.807) is 13.0 Å². The Morgan fingerprint density at radius 3 is 2.75 bits per heavy atom. The molecule has 0 amide bonds. The van der Waals surface area contributed by atoms with Gasteiger partial charge >= 0.3 is 5.97 Å². The maximum atomic E-state index is 13.8. The topological polar surface area (TPSA) is 64.4 Å². The van der Waals surface area contributed by atoms with Gasteiger partial charge in [-0.1, -0.05) is 5.16 Å². The molecule has 0 atom stereocenters. The monoisotopic (exact) mass is 282 g/mol. The number of esters is 1. The summed E-state index contributed by atoms with van der Waals surface area (Å²) in [5.41, 5.74) is 0.157. The Hall–Kier alpha value is -2.44. The average Bonchev–Trinajstić information content (AvgIpc) is 2.85. The van der Waals surface area contributed by atoms with Crippen LogP contribution >= 0.6 is 0 Å². The zero-order valence-corrected chi connectivity index (χ0v) is 10.9. The van der Waals surface area contributed by atoms with Crippen LogP contribution in [0.3, 0.4) is 0 Å². The minimum absolute atomic E-state index is 0.0794. The number of rotatable bonds is 4. The molecule has 0 aliphatic rings. The lowest BCUT2D eigenvalue weighted by atomic mass is 10.2. The van der Waals surface area contributed by atoms with E-state index in [1.807, 2.05) is 0 Å². The second-order valence-electron chi connectivity index (χ2n) is 4.07. The summed E-state index contributed by atoms with van der Waals surface area (Å²) < 4.78 is 36.7. The zero-order valence-electron chi connectivity index (χ0n) is 10.9. The molecule has 1 N–H and O–H groups in total. The molecule has 1 aromatic carbocycles. The van der Waals surface area contributed by atoms with Crippen LogP contribution in [0.15, 0.2) is 22.7 Å². The summed E-state index contributed by atoms with van der Waals surface area (Å²) in [5.74, 6) is -2.85. The predicted molar refractivity (Wildman–Crippen MR) is 66.3 cm³/mol. The number of halogens is 2. The molecule has 106 valence electrons. The van der Waals surface area contributed by atoms with Crippen LogP contribution in [0.1, 0.15) is 21.8 Å². The fourth-order valence-electron chi connectivity index (χ4n) is 1.64. The molecule has 0 bridgehead atoms. The number of hydrogen-bond donors (Lipinski definition) is 1. The number of nitrogens with zero attached hydrogens (tertiary/aromatic N) is 1. The normalized spacial score (nSPS) is 10.4. The van der Waals surface area contributed by atoms with E-state index in [2.05, 4.69) is 15.2 Å². The van der Waals surface area contributed by atoms with Gasteiger partial charge in [-0.05, 0) is 19.1 Å². The maximum absolute atomic E-state index is 13.8. The highest BCUT2D eigenvalue weighted by Crippen LogP contribution is 2.22. The Morgan fingerprint density at radius 2 is 2.15 bits per heavy atom. The van der Waals surface area contributed by atoms with E-state index in [-0.39, 0.29) is 12.2 Å². The molecule has 2 aromatic rings. The van der Waals surface area contributed by atoms with E-state index in [4.69, 9.17) is 4.52 Å². The molecular formula is C13H12F2N2O3. The highest BCUT2D eigenvalue weighted by molar-refractivity contribution is 5.90. The van der Waals surface area contributed by atoms with E-state index >= 15 is 0 Å². The van der Waals surface area contributed by atoms with Gasteiger partial charge in [0.1, 0.15) is 0 Å². The second kappa shape index (κ2) is 5.68. The number of nitrogens with one attached hydrogen (secondary N) is 1. The van der Waals surface area contributed by atoms with Crippen molar-refractivity contribution in [3.05, 3.63) is 46.9 Å². The van der Waals surface area contributed by atoms with Gasteiger partial charge in [0.05, 0.1) is 30.6 Å². The third kappa shape index (κ3) is 2.76. The quantitative estimate of drug-likeness (QED) is 0.873. The van der Waals surface area contributed by atoms with E-state index in [0.29, 0.717) is 11.5 Å². The summed E-state index contributed by atoms with van der Waals surface area (Å²) in [5, 5.41) is 6.34. The summed E-state index contributed by atoms with van der Waals surface area (Å²) >= 11 is 0. The highest BCUT2D eigenvalue weighted by atomic mass is 19.2. The summed E-state index contributed by atoms with van der Waals surface area (Å²) in [6, 6.07) is 4.08. The molecule has 0 fully saturated rings. The van der Waals surface area contributed by atoms with Crippen molar-refractivity contribution >= 4 is 11.7 Å². The molecule has 5 nitrogen and oxygen atoms in total. The van der Waals surface area contributed by atoms with Crippen LogP contribution in [0.4, 0.5) is 14.5 Å². The van der Waals surface area contributed by atoms with Crippen LogP contribution < -0.4 is 5.32 Å². The molecule has 0 saturated carbocycles. The molecule has 0 aliphatic carbocycles. The molecule has 0 saturated heterocycles. The fourth-order valence-corrected chi connectivity index (χ4v) is 1.64. The van der Waals surface area contributed by atoms with Crippen molar-refractivity contribution in [2.45, 2.75) is 13.5 Å². The number of aryl methyl sites for hydroxylation is 1. The van der Waals surface area contributed by atoms with Crippen molar-refractivity contribution in [1.29, 1.82) is 0 Å². The van der Waals surface area contributed by atoms with Crippen LogP contribution in [0.2, 0.25) is 0 Å². The van der Waals surface area contributed by atoms with Gasteiger partial charge in [0.15, 0.2) is 17.4 Å². The van der Waals surface area contributed by atoms with Crippen molar-refractivity contribution in [2.24, 2.45) is 0 Å². The number of ether oxygens (including phenoxy) is 1. The number of aromatic nitrogens is 1. The van der Waals surface area contributed by atoms with Crippen LogP contribution in [-0.2, 0) is 11.3 Å². The first-order valence-electron chi connectivity index (χ1n) is 5.75. The number of anilines is 1. The Labute approximate surface area is 113 Å². The number of benzene rings is 1. The van der Waals surface area contributed by atoms with Crippen molar-refractivity contribution in [2.75, 3.05) is 12.4 Å². The Morgan fingerprint density at radius 1 is 1.40 bits per heavy atom. The zero-order chi connectivity index (χ0) is 14.7. The lowest BCUT2D eigenvalue weighted by molar-refractivity contribution is 0.0594. The molecule has 0 radical (unpaired) electrons. The minimum atomic E-state index is -1.25. The first-order valence-corrected chi connectivity index (χ1v) is 5.75. The van der Waals surface area contributed by atoms with E-state index < -0.39 is 23.2 Å². The van der Waals surface area contributed by atoms with Crippen LogP contribution in [0.5, 0.6) is 0 Å². The minimum Gasteiger partial charge on any atom is -0.465 e. The molecule has 7 heteroatoms. The van der Waals surface area contributed by atoms with Gasteiger partial charge in [0.25, 0.3) is 0 Å². The standard InChI is InChI=1S/C13H12F2N2O3/c1-7-5-8(20-17-7)6-16-10-4-3-9(13(18)19-2)11(14)12(10)15/h3-5,16H,6H2,1-2H3. The van der Waals surface area contributed by atoms with Crippen LogP contribution in [-0.4, -0.2) is 18.2 Å². The molecule has 0 unspecified atom stereocenters. The summed E-state index contributed by atoms with van der Waals surface area (Å²) in [4.78, 5) is 11.2. The summed E-state index contributed by atoms with van der Waals surface area (Å²) in [6.45, 7) is 1.90. The Balaban J connectivity index is 2.17. The molecule has 1 aromatic heterocycles. The van der Waals surface area contributed by atoms with Crippen molar-refractivity contribution in [1.82, 2.24) is 5.16 Å². The molecule has 0 spiro atoms. The highest BCUT2D eigenvalue weighted by Gasteiger charge is 2.19. The first kappa shape index (κ1) is 14.0. The fraction of sp³-hybridized carbons (Fsp3) is 0.231. The van der Waals surface area contributed by atoms with Gasteiger partial charge in [-0.15, -0.1) is 0 Å². The lowest BCUT2D eigenvalue weighted by Crippen LogP contribution is -2.09. The van der Waals surface area contributed by atoms with Crippen molar-refractivity contribution in [3.63, 3.8) is 0 Å². The van der Waals surface area contributed by atoms with Gasteiger partial charge in [-0.3, -0.25) is 0 Å². The SMILES string of the molecule is COC(=O)c1ccc(NCc2cc(C)no2)c(F)c1F. The Kier molecular flexibility index (Phi) is 3.97. The summed E-state index contributed by atoms with van der Waals surface area (Å²) in [7, 11) is 1.10. The van der Waals surface area contributed by atoms with Crippen LogP contribution in [0, 0.1) is 18.6 Å². The first-order chi connectivity index (χ1) is 9.52. The van der Waals surface area contributed by atoms with E-state index in [0.717, 1.165) is 13.2 Å². The van der Waals surface area contributed by atoms with E-state index in [9.17, 15) is 13.6 Å². The molecule has 2 rings (SSSR count). The van der Waals surface area contributed by atoms with Gasteiger partial charge < -0.3 is 14.6 Å². The van der Waals surface area contributed by atoms with Gasteiger partial charge in [-0.2, -0.15) is 0 Å². The predicted octanol–water partition coefficient (Wildman–Crippen LogP) is 2.66. The number of methoxy groups -OCH3 is 1. The molecule has 1 heterocycles. The maximum Gasteiger partial charge on any atom is 0.340 e. The lowest BCUT2D eigenvalue weighted by Gasteiger charge is -2.08. The third-order valence-corrected chi connectivity index (χ3v) is 2.62. The third-order valence-electron chi connectivity index (χ3n) is 2.62. The second-order valence-corrected chi connectivity index (χ2v) is 4.07. The number of carbonyl (C=O) groups is 1.